The summed E-state index contributed by atoms with van der Waals surface area (Å²) in [6, 6.07) is 9.57. The molecule has 3 fully saturated rings. The second-order valence-corrected chi connectivity index (χ2v) is 7.52. The molecule has 1 aliphatic heterocycles. The molecule has 4 rings (SSSR count). The minimum Gasteiger partial charge on any atom is -0.336 e. The highest BCUT2D eigenvalue weighted by Crippen LogP contribution is 2.53. The Kier molecular flexibility index (Phi) is 3.80. The van der Waals surface area contributed by atoms with Crippen molar-refractivity contribution in [3.63, 3.8) is 0 Å². The number of benzene rings is 1. The third kappa shape index (κ3) is 2.63. The number of anilines is 1. The molecule has 2 atom stereocenters. The van der Waals surface area contributed by atoms with E-state index in [2.05, 4.69) is 41.8 Å². The van der Waals surface area contributed by atoms with Crippen molar-refractivity contribution < 1.29 is 4.79 Å². The fourth-order valence-electron chi connectivity index (χ4n) is 4.69. The lowest BCUT2D eigenvalue weighted by Crippen LogP contribution is -2.52. The number of hydrogen-bond acceptors (Lipinski definition) is 2. The van der Waals surface area contributed by atoms with Gasteiger partial charge in [0.05, 0.1) is 0 Å². The summed E-state index contributed by atoms with van der Waals surface area (Å²) in [5, 5.41) is 6.72. The maximum absolute atomic E-state index is 11.7. The first-order chi connectivity index (χ1) is 11.2. The molecule has 3 aliphatic rings. The lowest BCUT2D eigenvalue weighted by molar-refractivity contribution is 0.0651. The second kappa shape index (κ2) is 5.82. The quantitative estimate of drug-likeness (QED) is 0.892. The fraction of sp³-hybridized carbons (Fsp3) is 0.632. The lowest BCUT2D eigenvalue weighted by atomic mass is 9.63. The van der Waals surface area contributed by atoms with E-state index in [-0.39, 0.29) is 6.03 Å². The van der Waals surface area contributed by atoms with Crippen molar-refractivity contribution in [3.8, 4) is 0 Å². The molecule has 0 aromatic heterocycles. The Morgan fingerprint density at radius 1 is 1.22 bits per heavy atom. The van der Waals surface area contributed by atoms with E-state index >= 15 is 0 Å². The fourth-order valence-corrected chi connectivity index (χ4v) is 4.69. The van der Waals surface area contributed by atoms with E-state index < -0.39 is 0 Å². The first-order valence-corrected chi connectivity index (χ1v) is 9.09. The third-order valence-corrected chi connectivity index (χ3v) is 6.28. The van der Waals surface area contributed by atoms with Crippen molar-refractivity contribution in [1.82, 2.24) is 10.6 Å². The van der Waals surface area contributed by atoms with Crippen molar-refractivity contribution >= 4 is 11.7 Å². The maximum atomic E-state index is 11.7. The van der Waals surface area contributed by atoms with Crippen LogP contribution in [0.15, 0.2) is 24.3 Å². The van der Waals surface area contributed by atoms with Crippen LogP contribution in [0.2, 0.25) is 0 Å². The van der Waals surface area contributed by atoms with Gasteiger partial charge in [-0.2, -0.15) is 0 Å². The molecule has 4 heteroatoms. The van der Waals surface area contributed by atoms with Gasteiger partial charge in [-0.05, 0) is 55.7 Å². The van der Waals surface area contributed by atoms with Gasteiger partial charge in [0.15, 0.2) is 0 Å². The van der Waals surface area contributed by atoms with Gasteiger partial charge in [0.1, 0.15) is 0 Å². The molecule has 2 aliphatic carbocycles. The van der Waals surface area contributed by atoms with Crippen LogP contribution in [0, 0.1) is 5.41 Å². The number of rotatable bonds is 4. The molecule has 2 N–H and O–H groups in total. The minimum atomic E-state index is 0.0153. The number of nitrogens with one attached hydrogen (secondary N) is 2. The number of amides is 2. The van der Waals surface area contributed by atoms with Gasteiger partial charge < -0.3 is 10.6 Å². The molecule has 23 heavy (non-hydrogen) atoms. The van der Waals surface area contributed by atoms with Gasteiger partial charge in [0.25, 0.3) is 0 Å². The van der Waals surface area contributed by atoms with Gasteiger partial charge in [-0.1, -0.05) is 25.0 Å². The number of carbonyl (C=O) groups excluding carboxylic acids is 1. The number of urea groups is 1. The van der Waals surface area contributed by atoms with Gasteiger partial charge in [0, 0.05) is 30.9 Å². The summed E-state index contributed by atoms with van der Waals surface area (Å²) in [6.45, 7) is 3.76. The molecule has 2 unspecified atom stereocenters. The van der Waals surface area contributed by atoms with Crippen molar-refractivity contribution in [2.75, 3.05) is 18.0 Å². The molecule has 1 saturated heterocycles. The van der Waals surface area contributed by atoms with Gasteiger partial charge in [-0.15, -0.1) is 0 Å². The van der Waals surface area contributed by atoms with Gasteiger partial charge in [0.2, 0.25) is 0 Å². The molecule has 0 radical (unpaired) electrons. The van der Waals surface area contributed by atoms with Gasteiger partial charge >= 0.3 is 6.03 Å². The van der Waals surface area contributed by atoms with Crippen molar-refractivity contribution in [2.45, 2.75) is 57.5 Å². The molecular formula is C19H27N3O. The number of carbonyl (C=O) groups is 1. The summed E-state index contributed by atoms with van der Waals surface area (Å²) in [4.78, 5) is 13.5. The smallest absolute Gasteiger partial charge is 0.321 e. The third-order valence-electron chi connectivity index (χ3n) is 6.28. The summed E-state index contributed by atoms with van der Waals surface area (Å²) < 4.78 is 0. The van der Waals surface area contributed by atoms with E-state index in [9.17, 15) is 4.79 Å². The van der Waals surface area contributed by atoms with Gasteiger partial charge in [-0.3, -0.25) is 4.90 Å². The number of hydrogen-bond donors (Lipinski definition) is 2. The summed E-state index contributed by atoms with van der Waals surface area (Å²) in [5.41, 5.74) is 2.92. The second-order valence-electron chi connectivity index (χ2n) is 7.52. The average Bonchev–Trinajstić information content (AvgIpc) is 3.22. The van der Waals surface area contributed by atoms with E-state index in [1.165, 1.54) is 44.1 Å². The van der Waals surface area contributed by atoms with Crippen molar-refractivity contribution in [3.05, 3.63) is 29.8 Å². The largest absolute Gasteiger partial charge is 0.336 e. The number of nitrogens with zero attached hydrogens (tertiary/aromatic N) is 1. The van der Waals surface area contributed by atoms with E-state index in [0.29, 0.717) is 17.5 Å². The summed E-state index contributed by atoms with van der Waals surface area (Å²) in [6.07, 6.45) is 8.41. The SMILES string of the molecule is CC(NC1CCC12CCCC2)c1ccc(N2CCNC2=O)cc1. The Hall–Kier alpha value is -1.55. The zero-order valence-electron chi connectivity index (χ0n) is 14.0. The molecule has 2 amide bonds. The van der Waals surface area contributed by atoms with Crippen LogP contribution in [-0.2, 0) is 0 Å². The predicted octanol–water partition coefficient (Wildman–Crippen LogP) is 3.59. The van der Waals surface area contributed by atoms with E-state index in [0.717, 1.165) is 18.8 Å². The molecule has 0 bridgehead atoms. The Morgan fingerprint density at radius 3 is 2.52 bits per heavy atom. The summed E-state index contributed by atoms with van der Waals surface area (Å²) >= 11 is 0. The van der Waals surface area contributed by atoms with Crippen LogP contribution in [0.25, 0.3) is 0 Å². The molecule has 1 heterocycles. The molecule has 1 aromatic rings. The summed E-state index contributed by atoms with van der Waals surface area (Å²) in [7, 11) is 0. The molecular weight excluding hydrogens is 286 g/mol. The van der Waals surface area contributed by atoms with E-state index in [1.807, 2.05) is 0 Å². The molecule has 1 aromatic carbocycles. The monoisotopic (exact) mass is 313 g/mol. The lowest BCUT2D eigenvalue weighted by Gasteiger charge is -2.49. The van der Waals surface area contributed by atoms with Crippen molar-refractivity contribution in [1.29, 1.82) is 0 Å². The Labute approximate surface area is 138 Å². The highest BCUT2D eigenvalue weighted by molar-refractivity contribution is 5.93. The minimum absolute atomic E-state index is 0.0153. The van der Waals surface area contributed by atoms with Crippen LogP contribution in [0.3, 0.4) is 0 Å². The predicted molar refractivity (Wildman–Crippen MR) is 92.7 cm³/mol. The topological polar surface area (TPSA) is 44.4 Å². The normalized spacial score (nSPS) is 27.1. The Balaban J connectivity index is 1.40. The Morgan fingerprint density at radius 2 is 1.96 bits per heavy atom. The molecule has 124 valence electrons. The maximum Gasteiger partial charge on any atom is 0.321 e. The van der Waals surface area contributed by atoms with Crippen LogP contribution >= 0.6 is 0 Å². The van der Waals surface area contributed by atoms with Crippen LogP contribution in [0.1, 0.15) is 57.1 Å². The zero-order chi connectivity index (χ0) is 15.9. The van der Waals surface area contributed by atoms with Crippen LogP contribution in [0.5, 0.6) is 0 Å². The first-order valence-electron chi connectivity index (χ1n) is 9.09. The average molecular weight is 313 g/mol. The van der Waals surface area contributed by atoms with E-state index in [4.69, 9.17) is 0 Å². The highest BCUT2D eigenvalue weighted by Gasteiger charge is 2.48. The molecule has 2 saturated carbocycles. The van der Waals surface area contributed by atoms with E-state index in [1.54, 1.807) is 4.90 Å². The van der Waals surface area contributed by atoms with Crippen molar-refractivity contribution in [2.24, 2.45) is 5.41 Å². The zero-order valence-corrected chi connectivity index (χ0v) is 14.0. The van der Waals surface area contributed by atoms with Crippen LogP contribution in [-0.4, -0.2) is 25.2 Å². The molecule has 4 nitrogen and oxygen atoms in total. The Bertz CT molecular complexity index is 577. The van der Waals surface area contributed by atoms with Crippen LogP contribution < -0.4 is 15.5 Å². The first kappa shape index (κ1) is 15.0. The highest BCUT2D eigenvalue weighted by atomic mass is 16.2. The van der Waals surface area contributed by atoms with Crippen LogP contribution in [0.4, 0.5) is 10.5 Å². The standard InChI is InChI=1S/C19H27N3O/c1-14(21-17-8-11-19(17)9-2-3-10-19)15-4-6-16(7-5-15)22-13-12-20-18(22)23/h4-7,14,17,21H,2-3,8-13H2,1H3,(H,20,23). The molecule has 1 spiro atoms. The summed E-state index contributed by atoms with van der Waals surface area (Å²) in [5.74, 6) is 0. The van der Waals surface area contributed by atoms with Gasteiger partial charge in [-0.25, -0.2) is 4.79 Å².